The summed E-state index contributed by atoms with van der Waals surface area (Å²) in [5, 5.41) is 6.01. The van der Waals surface area contributed by atoms with Crippen molar-refractivity contribution in [3.63, 3.8) is 0 Å². The molecule has 1 saturated heterocycles. The number of nitrogens with zero attached hydrogens (tertiary/aromatic N) is 2. The first-order chi connectivity index (χ1) is 9.53. The molecule has 20 heavy (non-hydrogen) atoms. The number of carbonyl (C=O) groups is 3. The van der Waals surface area contributed by atoms with E-state index in [9.17, 15) is 14.4 Å². The Kier molecular flexibility index (Phi) is 2.84. The Bertz CT molecular complexity index is 586. The number of urea groups is 1. The lowest BCUT2D eigenvalue weighted by atomic mass is 9.82. The molecule has 106 valence electrons. The largest absolute Gasteiger partial charge is 0.359 e. The summed E-state index contributed by atoms with van der Waals surface area (Å²) in [6.45, 7) is 1.76. The number of barbiturate groups is 1. The summed E-state index contributed by atoms with van der Waals surface area (Å²) < 4.78 is 5.03. The van der Waals surface area contributed by atoms with Crippen molar-refractivity contribution in [3.05, 3.63) is 17.5 Å². The molecule has 0 unspecified atom stereocenters. The molecule has 0 aromatic carbocycles. The first kappa shape index (κ1) is 12.8. The quantitative estimate of drug-likeness (QED) is 0.818. The maximum absolute atomic E-state index is 12.6. The fourth-order valence-electron chi connectivity index (χ4n) is 2.94. The van der Waals surface area contributed by atoms with Crippen LogP contribution in [-0.4, -0.2) is 27.9 Å². The Balaban J connectivity index is 1.88. The van der Waals surface area contributed by atoms with Gasteiger partial charge in [0, 0.05) is 6.07 Å². The fraction of sp³-hybridized carbons (Fsp3) is 0.538. The van der Waals surface area contributed by atoms with Gasteiger partial charge in [-0.3, -0.25) is 19.8 Å². The highest BCUT2D eigenvalue weighted by Gasteiger charge is 2.55. The molecule has 7 heteroatoms. The van der Waals surface area contributed by atoms with Gasteiger partial charge in [-0.05, 0) is 19.8 Å². The van der Waals surface area contributed by atoms with Crippen molar-refractivity contribution >= 4 is 17.8 Å². The maximum atomic E-state index is 12.6. The van der Waals surface area contributed by atoms with E-state index in [0.29, 0.717) is 24.3 Å². The number of imide groups is 2. The van der Waals surface area contributed by atoms with E-state index >= 15 is 0 Å². The second kappa shape index (κ2) is 4.43. The van der Waals surface area contributed by atoms with Crippen LogP contribution in [0.3, 0.4) is 0 Å². The monoisotopic (exact) mass is 277 g/mol. The van der Waals surface area contributed by atoms with Gasteiger partial charge in [0.05, 0.1) is 12.2 Å². The summed E-state index contributed by atoms with van der Waals surface area (Å²) in [6.07, 6.45) is 2.64. The van der Waals surface area contributed by atoms with Crippen molar-refractivity contribution in [3.8, 4) is 0 Å². The van der Waals surface area contributed by atoms with E-state index in [1.165, 1.54) is 0 Å². The van der Waals surface area contributed by atoms with Gasteiger partial charge in [0.1, 0.15) is 5.41 Å². The van der Waals surface area contributed by atoms with Crippen LogP contribution in [0.25, 0.3) is 0 Å². The molecular weight excluding hydrogens is 262 g/mol. The lowest BCUT2D eigenvalue weighted by molar-refractivity contribution is -0.151. The number of hydrogen-bond acceptors (Lipinski definition) is 5. The minimum Gasteiger partial charge on any atom is -0.359 e. The van der Waals surface area contributed by atoms with E-state index in [4.69, 9.17) is 4.52 Å². The smallest absolute Gasteiger partial charge is 0.331 e. The minimum absolute atomic E-state index is 0.000532. The molecule has 2 aliphatic rings. The number of hydrogen-bond donors (Lipinski definition) is 1. The second-order valence-electron chi connectivity index (χ2n) is 5.37. The van der Waals surface area contributed by atoms with Crippen LogP contribution in [-0.2, 0) is 16.1 Å². The molecule has 0 atom stereocenters. The maximum Gasteiger partial charge on any atom is 0.331 e. The van der Waals surface area contributed by atoms with E-state index in [0.717, 1.165) is 17.7 Å². The van der Waals surface area contributed by atoms with Crippen molar-refractivity contribution in [2.75, 3.05) is 0 Å². The summed E-state index contributed by atoms with van der Waals surface area (Å²) in [5.41, 5.74) is -0.389. The zero-order valence-electron chi connectivity index (χ0n) is 11.1. The lowest BCUT2D eigenvalue weighted by Gasteiger charge is -2.36. The number of amides is 4. The first-order valence-electron chi connectivity index (χ1n) is 6.62. The zero-order valence-corrected chi connectivity index (χ0v) is 11.1. The highest BCUT2D eigenvalue weighted by Crippen LogP contribution is 2.42. The normalized spacial score (nSPS) is 21.6. The Morgan fingerprint density at radius 2 is 2.05 bits per heavy atom. The van der Waals surface area contributed by atoms with Gasteiger partial charge in [0.25, 0.3) is 0 Å². The van der Waals surface area contributed by atoms with E-state index in [1.54, 1.807) is 13.0 Å². The zero-order chi connectivity index (χ0) is 14.3. The lowest BCUT2D eigenvalue weighted by Crippen LogP contribution is -2.62. The molecule has 1 spiro atoms. The third-order valence-corrected chi connectivity index (χ3v) is 4.00. The molecule has 4 amide bonds. The third kappa shape index (κ3) is 1.81. The predicted molar refractivity (Wildman–Crippen MR) is 66.2 cm³/mol. The van der Waals surface area contributed by atoms with Crippen LogP contribution in [0.1, 0.15) is 37.1 Å². The number of nitrogens with one attached hydrogen (secondary N) is 1. The molecule has 1 saturated carbocycles. The Morgan fingerprint density at radius 3 is 2.65 bits per heavy atom. The molecule has 3 rings (SSSR count). The highest BCUT2D eigenvalue weighted by molar-refractivity contribution is 6.19. The average Bonchev–Trinajstić information content (AvgIpc) is 3.03. The Labute approximate surface area is 115 Å². The van der Waals surface area contributed by atoms with Crippen molar-refractivity contribution in [2.24, 2.45) is 5.41 Å². The van der Waals surface area contributed by atoms with Crippen LogP contribution in [0.4, 0.5) is 4.79 Å². The molecule has 2 heterocycles. The molecule has 1 N–H and O–H groups in total. The fourth-order valence-corrected chi connectivity index (χ4v) is 2.94. The van der Waals surface area contributed by atoms with Crippen LogP contribution in [0.15, 0.2) is 10.6 Å². The predicted octanol–water partition coefficient (Wildman–Crippen LogP) is 1.12. The highest BCUT2D eigenvalue weighted by atomic mass is 16.5. The summed E-state index contributed by atoms with van der Waals surface area (Å²) in [4.78, 5) is 37.5. The van der Waals surface area contributed by atoms with Gasteiger partial charge in [-0.15, -0.1) is 0 Å². The van der Waals surface area contributed by atoms with Crippen LogP contribution in [0.2, 0.25) is 0 Å². The van der Waals surface area contributed by atoms with Crippen molar-refractivity contribution < 1.29 is 18.9 Å². The van der Waals surface area contributed by atoms with Gasteiger partial charge in [0.2, 0.25) is 11.8 Å². The SMILES string of the molecule is Cc1cc(CN2C(=O)NC(=O)C3(CCCC3)C2=O)on1. The Morgan fingerprint density at radius 1 is 1.35 bits per heavy atom. The number of rotatable bonds is 2. The molecule has 0 radical (unpaired) electrons. The number of aryl methyl sites for hydroxylation is 1. The third-order valence-electron chi connectivity index (χ3n) is 4.00. The van der Waals surface area contributed by atoms with Crippen molar-refractivity contribution in [2.45, 2.75) is 39.2 Å². The van der Waals surface area contributed by atoms with Crippen LogP contribution < -0.4 is 5.32 Å². The minimum atomic E-state index is -1.07. The molecule has 2 fully saturated rings. The van der Waals surface area contributed by atoms with Crippen LogP contribution in [0.5, 0.6) is 0 Å². The van der Waals surface area contributed by atoms with E-state index in [2.05, 4.69) is 10.5 Å². The van der Waals surface area contributed by atoms with Crippen LogP contribution >= 0.6 is 0 Å². The number of aromatic nitrogens is 1. The molecule has 1 aliphatic heterocycles. The molecule has 7 nitrogen and oxygen atoms in total. The summed E-state index contributed by atoms with van der Waals surface area (Å²) in [7, 11) is 0. The summed E-state index contributed by atoms with van der Waals surface area (Å²) in [5.74, 6) is -0.457. The van der Waals surface area contributed by atoms with E-state index in [-0.39, 0.29) is 6.54 Å². The van der Waals surface area contributed by atoms with Gasteiger partial charge >= 0.3 is 6.03 Å². The van der Waals surface area contributed by atoms with Gasteiger partial charge in [-0.25, -0.2) is 4.79 Å². The summed E-state index contributed by atoms with van der Waals surface area (Å²) >= 11 is 0. The van der Waals surface area contributed by atoms with Gasteiger partial charge in [-0.2, -0.15) is 0 Å². The topological polar surface area (TPSA) is 92.5 Å². The second-order valence-corrected chi connectivity index (χ2v) is 5.37. The van der Waals surface area contributed by atoms with Gasteiger partial charge in [0.15, 0.2) is 5.76 Å². The van der Waals surface area contributed by atoms with E-state index < -0.39 is 23.3 Å². The first-order valence-corrected chi connectivity index (χ1v) is 6.62. The standard InChI is InChI=1S/C13H15N3O4/c1-8-6-9(20-15-8)7-16-11(18)13(4-2-3-5-13)10(17)14-12(16)19/h6H,2-5,7H2,1H3,(H,14,17,19). The van der Waals surface area contributed by atoms with Gasteiger partial charge in [-0.1, -0.05) is 18.0 Å². The summed E-state index contributed by atoms with van der Waals surface area (Å²) in [6, 6.07) is 0.977. The molecular formula is C13H15N3O4. The Hall–Kier alpha value is -2.18. The molecule has 1 aromatic rings. The van der Waals surface area contributed by atoms with Crippen molar-refractivity contribution in [1.82, 2.24) is 15.4 Å². The van der Waals surface area contributed by atoms with Crippen LogP contribution in [0, 0.1) is 12.3 Å². The molecule has 1 aliphatic carbocycles. The number of carbonyl (C=O) groups excluding carboxylic acids is 3. The van der Waals surface area contributed by atoms with E-state index in [1.807, 2.05) is 0 Å². The molecule has 1 aromatic heterocycles. The van der Waals surface area contributed by atoms with Crippen molar-refractivity contribution in [1.29, 1.82) is 0 Å². The average molecular weight is 277 g/mol. The molecule has 0 bridgehead atoms. The van der Waals surface area contributed by atoms with Gasteiger partial charge < -0.3 is 4.52 Å².